The summed E-state index contributed by atoms with van der Waals surface area (Å²) in [7, 11) is -1.60. The number of hydrogen-bond donors (Lipinski definition) is 0. The van der Waals surface area contributed by atoms with Gasteiger partial charge in [-0.15, -0.1) is 11.3 Å². The Morgan fingerprint density at radius 2 is 2.06 bits per heavy atom. The maximum absolute atomic E-state index is 6.51. The molecule has 1 heterocycles. The van der Waals surface area contributed by atoms with Gasteiger partial charge in [0.25, 0.3) is 0 Å². The van der Waals surface area contributed by atoms with Crippen molar-refractivity contribution in [2.45, 2.75) is 70.2 Å². The number of rotatable bonds is 3. The normalized spacial score (nSPS) is 25.6. The minimum Gasteiger partial charge on any atom is -0.414 e. The van der Waals surface area contributed by atoms with E-state index >= 15 is 0 Å². The molecule has 102 valence electrons. The Labute approximate surface area is 116 Å². The third-order valence-corrected chi connectivity index (χ3v) is 9.93. The number of hydrogen-bond acceptors (Lipinski definition) is 3. The zero-order valence-electron chi connectivity index (χ0n) is 12.2. The maximum atomic E-state index is 6.51. The van der Waals surface area contributed by atoms with Crippen LogP contribution in [0.15, 0.2) is 11.6 Å². The highest BCUT2D eigenvalue weighted by atomic mass is 32.1. The summed E-state index contributed by atoms with van der Waals surface area (Å²) in [6.45, 7) is 11.6. The highest BCUT2D eigenvalue weighted by Gasteiger charge is 2.41. The van der Waals surface area contributed by atoms with Crippen LogP contribution in [-0.4, -0.2) is 19.4 Å². The Morgan fingerprint density at radius 3 is 2.61 bits per heavy atom. The lowest BCUT2D eigenvalue weighted by molar-refractivity contribution is 0.186. The van der Waals surface area contributed by atoms with E-state index in [1.54, 1.807) is 11.3 Å². The Bertz CT molecular complexity index is 383. The first-order valence-corrected chi connectivity index (χ1v) is 10.7. The van der Waals surface area contributed by atoms with Crippen LogP contribution in [0.3, 0.4) is 0 Å². The van der Waals surface area contributed by atoms with E-state index in [0.717, 1.165) is 0 Å². The molecule has 2 unspecified atom stereocenters. The molecule has 1 aliphatic carbocycles. The van der Waals surface area contributed by atoms with Gasteiger partial charge >= 0.3 is 0 Å². The van der Waals surface area contributed by atoms with Crippen molar-refractivity contribution in [1.82, 2.24) is 4.98 Å². The van der Waals surface area contributed by atoms with Gasteiger partial charge in [0.05, 0.1) is 5.01 Å². The predicted octanol–water partition coefficient (Wildman–Crippen LogP) is 4.80. The van der Waals surface area contributed by atoms with E-state index in [2.05, 4.69) is 44.2 Å². The van der Waals surface area contributed by atoms with Crippen LogP contribution < -0.4 is 0 Å². The van der Waals surface area contributed by atoms with Gasteiger partial charge in [-0.3, -0.25) is 0 Å². The van der Waals surface area contributed by atoms with Crippen molar-refractivity contribution in [3.63, 3.8) is 0 Å². The average Bonchev–Trinajstić information content (AvgIpc) is 2.83. The van der Waals surface area contributed by atoms with E-state index in [9.17, 15) is 0 Å². The Balaban J connectivity index is 1.94. The molecular formula is C14H25NOSSi. The van der Waals surface area contributed by atoms with Crippen LogP contribution in [0.2, 0.25) is 18.1 Å². The van der Waals surface area contributed by atoms with E-state index in [4.69, 9.17) is 4.43 Å². The van der Waals surface area contributed by atoms with Crippen LogP contribution in [-0.2, 0) is 4.43 Å². The minimum atomic E-state index is -1.60. The second-order valence-corrected chi connectivity index (χ2v) is 12.6. The summed E-state index contributed by atoms with van der Waals surface area (Å²) in [5.41, 5.74) is 0. The number of thiazole rings is 1. The van der Waals surface area contributed by atoms with E-state index in [0.29, 0.717) is 17.1 Å². The first-order valence-electron chi connectivity index (χ1n) is 6.87. The van der Waals surface area contributed by atoms with Gasteiger partial charge in [-0.05, 0) is 37.4 Å². The zero-order valence-corrected chi connectivity index (χ0v) is 14.0. The Hall–Kier alpha value is -0.193. The van der Waals surface area contributed by atoms with Gasteiger partial charge in [-0.25, -0.2) is 4.98 Å². The van der Waals surface area contributed by atoms with E-state index in [-0.39, 0.29) is 0 Å². The summed E-state index contributed by atoms with van der Waals surface area (Å²) >= 11 is 1.79. The fourth-order valence-electron chi connectivity index (χ4n) is 2.30. The van der Waals surface area contributed by atoms with Crippen LogP contribution in [0.5, 0.6) is 0 Å². The molecule has 1 aliphatic rings. The van der Waals surface area contributed by atoms with Gasteiger partial charge in [0.15, 0.2) is 8.32 Å². The lowest BCUT2D eigenvalue weighted by Gasteiger charge is -2.38. The molecule has 1 aromatic heterocycles. The SMILES string of the molecule is CC(C)(C)[Si](C)(C)OC1CCC(c2nccs2)C1. The van der Waals surface area contributed by atoms with Crippen molar-refractivity contribution in [3.05, 3.63) is 16.6 Å². The summed E-state index contributed by atoms with van der Waals surface area (Å²) in [4.78, 5) is 4.45. The molecule has 0 saturated heterocycles. The number of nitrogens with zero attached hydrogens (tertiary/aromatic N) is 1. The summed E-state index contributed by atoms with van der Waals surface area (Å²) in [5, 5.41) is 3.69. The molecule has 1 saturated carbocycles. The van der Waals surface area contributed by atoms with Gasteiger partial charge in [0, 0.05) is 23.6 Å². The van der Waals surface area contributed by atoms with Crippen LogP contribution in [0, 0.1) is 0 Å². The fourth-order valence-corrected chi connectivity index (χ4v) is 4.49. The van der Waals surface area contributed by atoms with Crippen LogP contribution in [0.25, 0.3) is 0 Å². The van der Waals surface area contributed by atoms with Crippen molar-refractivity contribution < 1.29 is 4.43 Å². The molecule has 1 aromatic rings. The molecule has 4 heteroatoms. The second-order valence-electron chi connectivity index (χ2n) is 6.88. The summed E-state index contributed by atoms with van der Waals surface area (Å²) in [5.74, 6) is 0.639. The van der Waals surface area contributed by atoms with Crippen LogP contribution >= 0.6 is 11.3 Å². The fraction of sp³-hybridized carbons (Fsp3) is 0.786. The van der Waals surface area contributed by atoms with Gasteiger partial charge in [0.2, 0.25) is 0 Å². The monoisotopic (exact) mass is 283 g/mol. The molecule has 2 nitrogen and oxygen atoms in total. The van der Waals surface area contributed by atoms with Crippen LogP contribution in [0.4, 0.5) is 0 Å². The maximum Gasteiger partial charge on any atom is 0.192 e. The highest BCUT2D eigenvalue weighted by molar-refractivity contribution is 7.09. The topological polar surface area (TPSA) is 22.1 Å². The molecule has 0 radical (unpaired) electrons. The first kappa shape index (κ1) is 14.2. The lowest BCUT2D eigenvalue weighted by atomic mass is 10.1. The first-order chi connectivity index (χ1) is 8.29. The van der Waals surface area contributed by atoms with E-state index in [1.165, 1.54) is 24.3 Å². The summed E-state index contributed by atoms with van der Waals surface area (Å²) in [6.07, 6.45) is 5.99. The Kier molecular flexibility index (Phi) is 4.00. The van der Waals surface area contributed by atoms with Crippen molar-refractivity contribution in [1.29, 1.82) is 0 Å². The molecule has 0 aliphatic heterocycles. The molecule has 0 spiro atoms. The van der Waals surface area contributed by atoms with Crippen molar-refractivity contribution in [2.24, 2.45) is 0 Å². The van der Waals surface area contributed by atoms with Crippen molar-refractivity contribution >= 4 is 19.7 Å². The molecule has 1 fully saturated rings. The largest absolute Gasteiger partial charge is 0.414 e. The van der Waals surface area contributed by atoms with Crippen LogP contribution in [0.1, 0.15) is 51.0 Å². The second kappa shape index (κ2) is 5.06. The van der Waals surface area contributed by atoms with Gasteiger partial charge in [0.1, 0.15) is 0 Å². The molecular weight excluding hydrogens is 258 g/mol. The standard InChI is InChI=1S/C14H25NOSSi/c1-14(2,3)18(4,5)16-12-7-6-11(10-12)13-15-8-9-17-13/h8-9,11-12H,6-7,10H2,1-5H3. The molecule has 18 heavy (non-hydrogen) atoms. The van der Waals surface area contributed by atoms with Gasteiger partial charge < -0.3 is 4.43 Å². The van der Waals surface area contributed by atoms with E-state index in [1.807, 2.05) is 6.20 Å². The molecule has 0 aromatic carbocycles. The van der Waals surface area contributed by atoms with Gasteiger partial charge in [-0.2, -0.15) is 0 Å². The Morgan fingerprint density at radius 1 is 1.33 bits per heavy atom. The third-order valence-electron chi connectivity index (χ3n) is 4.45. The third kappa shape index (κ3) is 3.03. The van der Waals surface area contributed by atoms with Crippen molar-refractivity contribution in [2.75, 3.05) is 0 Å². The highest BCUT2D eigenvalue weighted by Crippen LogP contribution is 2.42. The van der Waals surface area contributed by atoms with E-state index < -0.39 is 8.32 Å². The molecule has 0 bridgehead atoms. The van der Waals surface area contributed by atoms with Crippen molar-refractivity contribution in [3.8, 4) is 0 Å². The predicted molar refractivity (Wildman–Crippen MR) is 80.8 cm³/mol. The summed E-state index contributed by atoms with van der Waals surface area (Å²) in [6, 6.07) is 0. The average molecular weight is 284 g/mol. The summed E-state index contributed by atoms with van der Waals surface area (Å²) < 4.78 is 6.51. The lowest BCUT2D eigenvalue weighted by Crippen LogP contribution is -2.43. The quantitative estimate of drug-likeness (QED) is 0.743. The minimum absolute atomic E-state index is 0.312. The molecule has 0 amide bonds. The molecule has 0 N–H and O–H groups in total. The number of aromatic nitrogens is 1. The van der Waals surface area contributed by atoms with Gasteiger partial charge in [-0.1, -0.05) is 20.8 Å². The zero-order chi connectivity index (χ0) is 13.4. The molecule has 2 atom stereocenters. The smallest absolute Gasteiger partial charge is 0.192 e. The molecule has 2 rings (SSSR count).